The fourth-order valence-electron chi connectivity index (χ4n) is 3.62. The number of nitrogens with zero attached hydrogens (tertiary/aromatic N) is 7. The molecule has 0 atom stereocenters. The zero-order valence-corrected chi connectivity index (χ0v) is 15.7. The summed E-state index contributed by atoms with van der Waals surface area (Å²) < 4.78 is 1.92. The Bertz CT molecular complexity index is 1130. The highest BCUT2D eigenvalue weighted by molar-refractivity contribution is 5.88. The Morgan fingerprint density at radius 2 is 1.52 bits per heavy atom. The molecule has 0 aliphatic carbocycles. The lowest BCUT2D eigenvalue weighted by Crippen LogP contribution is -2.47. The van der Waals surface area contributed by atoms with Gasteiger partial charge >= 0.3 is 0 Å². The largest absolute Gasteiger partial charge is 0.508 e. The maximum atomic E-state index is 9.48. The van der Waals surface area contributed by atoms with Crippen molar-refractivity contribution < 1.29 is 5.11 Å². The molecule has 0 amide bonds. The fourth-order valence-corrected chi connectivity index (χ4v) is 3.62. The van der Waals surface area contributed by atoms with Crippen LogP contribution in [0.15, 0.2) is 55.2 Å². The van der Waals surface area contributed by atoms with E-state index in [0.29, 0.717) is 11.8 Å². The summed E-state index contributed by atoms with van der Waals surface area (Å²) in [5.41, 5.74) is 8.89. The Kier molecular flexibility index (Phi) is 4.12. The number of anilines is 3. The maximum Gasteiger partial charge on any atom is 0.229 e. The summed E-state index contributed by atoms with van der Waals surface area (Å²) in [6.45, 7) is 3.22. The Hall–Kier alpha value is -3.88. The van der Waals surface area contributed by atoms with Crippen LogP contribution in [0.4, 0.5) is 17.5 Å². The number of rotatable bonds is 3. The molecule has 0 radical (unpaired) electrons. The van der Waals surface area contributed by atoms with Gasteiger partial charge in [0.15, 0.2) is 5.65 Å². The number of piperazine rings is 1. The fraction of sp³-hybridized carbons (Fsp3) is 0.200. The molecule has 4 aromatic rings. The molecule has 9 nitrogen and oxygen atoms in total. The van der Waals surface area contributed by atoms with Gasteiger partial charge < -0.3 is 20.6 Å². The summed E-state index contributed by atoms with van der Waals surface area (Å²) in [4.78, 5) is 21.9. The number of benzene rings is 1. The van der Waals surface area contributed by atoms with Crippen LogP contribution in [0.25, 0.3) is 16.7 Å². The van der Waals surface area contributed by atoms with Gasteiger partial charge in [-0.3, -0.25) is 4.57 Å². The van der Waals surface area contributed by atoms with E-state index >= 15 is 0 Å². The van der Waals surface area contributed by atoms with Gasteiger partial charge in [-0.1, -0.05) is 0 Å². The molecule has 3 N–H and O–H groups in total. The van der Waals surface area contributed by atoms with Crippen LogP contribution in [0.2, 0.25) is 0 Å². The summed E-state index contributed by atoms with van der Waals surface area (Å²) in [5, 5.41) is 10.3. The Balaban J connectivity index is 1.42. The minimum Gasteiger partial charge on any atom is -0.508 e. The molecule has 0 spiro atoms. The highest BCUT2D eigenvalue weighted by atomic mass is 16.3. The Morgan fingerprint density at radius 1 is 0.828 bits per heavy atom. The standard InChI is InChI=1S/C20H20N8O/c21-18-17-5-6-28(15-11-22-13-23-12-15)19(17)25-20(24-18)27-9-7-26(8-10-27)14-1-3-16(29)4-2-14/h1-6,11-13,29H,7-10H2,(H2,21,24,25). The Labute approximate surface area is 167 Å². The SMILES string of the molecule is Nc1nc(N2CCN(c3ccc(O)cc3)CC2)nc2c1ccn2-c1cncnc1. The third-order valence-electron chi connectivity index (χ3n) is 5.16. The molecule has 0 unspecified atom stereocenters. The number of phenols is 1. The molecule has 5 rings (SSSR count). The van der Waals surface area contributed by atoms with Crippen molar-refractivity contribution in [3.8, 4) is 11.4 Å². The normalized spacial score (nSPS) is 14.5. The van der Waals surface area contributed by atoms with E-state index in [1.807, 2.05) is 29.0 Å². The first-order valence-corrected chi connectivity index (χ1v) is 9.38. The molecule has 146 valence electrons. The van der Waals surface area contributed by atoms with Gasteiger partial charge in [0.25, 0.3) is 0 Å². The molecule has 1 fully saturated rings. The van der Waals surface area contributed by atoms with E-state index in [2.05, 4.69) is 24.8 Å². The molecule has 1 aromatic carbocycles. The number of hydrogen-bond donors (Lipinski definition) is 2. The quantitative estimate of drug-likeness (QED) is 0.547. The lowest BCUT2D eigenvalue weighted by Gasteiger charge is -2.36. The summed E-state index contributed by atoms with van der Waals surface area (Å²) in [5.74, 6) is 1.36. The van der Waals surface area contributed by atoms with E-state index in [-0.39, 0.29) is 5.75 Å². The number of nitrogen functional groups attached to an aromatic ring is 1. The zero-order chi connectivity index (χ0) is 19.8. The van der Waals surface area contributed by atoms with E-state index in [9.17, 15) is 5.11 Å². The molecule has 4 heterocycles. The molecule has 1 aliphatic rings. The average molecular weight is 388 g/mol. The smallest absolute Gasteiger partial charge is 0.229 e. The lowest BCUT2D eigenvalue weighted by molar-refractivity contribution is 0.475. The summed E-state index contributed by atoms with van der Waals surface area (Å²) in [7, 11) is 0. The minimum atomic E-state index is 0.274. The van der Waals surface area contributed by atoms with Crippen molar-refractivity contribution in [3.05, 3.63) is 55.2 Å². The predicted molar refractivity (Wildman–Crippen MR) is 111 cm³/mol. The van der Waals surface area contributed by atoms with E-state index in [1.165, 1.54) is 6.33 Å². The Morgan fingerprint density at radius 3 is 2.24 bits per heavy atom. The van der Waals surface area contributed by atoms with Crippen molar-refractivity contribution in [2.45, 2.75) is 0 Å². The monoisotopic (exact) mass is 388 g/mol. The van der Waals surface area contributed by atoms with Crippen LogP contribution < -0.4 is 15.5 Å². The van der Waals surface area contributed by atoms with Crippen LogP contribution >= 0.6 is 0 Å². The molecule has 0 saturated carbocycles. The zero-order valence-electron chi connectivity index (χ0n) is 15.7. The van der Waals surface area contributed by atoms with Crippen LogP contribution in [-0.2, 0) is 0 Å². The van der Waals surface area contributed by atoms with Gasteiger partial charge in [0.2, 0.25) is 5.95 Å². The number of hydrogen-bond acceptors (Lipinski definition) is 8. The minimum absolute atomic E-state index is 0.274. The predicted octanol–water partition coefficient (Wildman–Crippen LogP) is 1.82. The third kappa shape index (κ3) is 3.16. The second-order valence-electron chi connectivity index (χ2n) is 6.92. The molecule has 9 heteroatoms. The van der Waals surface area contributed by atoms with E-state index < -0.39 is 0 Å². The van der Waals surface area contributed by atoms with E-state index in [0.717, 1.165) is 48.6 Å². The van der Waals surface area contributed by atoms with E-state index in [1.54, 1.807) is 24.5 Å². The van der Waals surface area contributed by atoms with Gasteiger partial charge in [-0.15, -0.1) is 0 Å². The number of nitrogens with two attached hydrogens (primary N) is 1. The molecular formula is C20H20N8O. The van der Waals surface area contributed by atoms with Gasteiger partial charge in [-0.05, 0) is 30.3 Å². The van der Waals surface area contributed by atoms with Crippen molar-refractivity contribution in [3.63, 3.8) is 0 Å². The van der Waals surface area contributed by atoms with Crippen LogP contribution in [0.3, 0.4) is 0 Å². The van der Waals surface area contributed by atoms with E-state index in [4.69, 9.17) is 10.7 Å². The van der Waals surface area contributed by atoms with Crippen molar-refractivity contribution >= 4 is 28.5 Å². The average Bonchev–Trinajstić information content (AvgIpc) is 3.20. The molecule has 0 bridgehead atoms. The van der Waals surface area contributed by atoms with Gasteiger partial charge in [-0.2, -0.15) is 9.97 Å². The van der Waals surface area contributed by atoms with Gasteiger partial charge in [-0.25, -0.2) is 9.97 Å². The van der Waals surface area contributed by atoms with Gasteiger partial charge in [0.05, 0.1) is 23.5 Å². The van der Waals surface area contributed by atoms with Crippen LogP contribution in [0.1, 0.15) is 0 Å². The molecule has 29 heavy (non-hydrogen) atoms. The van der Waals surface area contributed by atoms with Crippen molar-refractivity contribution in [2.24, 2.45) is 0 Å². The number of phenolic OH excluding ortho intramolecular Hbond substituents is 1. The van der Waals surface area contributed by atoms with Crippen LogP contribution in [-0.4, -0.2) is 55.8 Å². The topological polar surface area (TPSA) is 109 Å². The maximum absolute atomic E-state index is 9.48. The summed E-state index contributed by atoms with van der Waals surface area (Å²) in [6.07, 6.45) is 6.88. The summed E-state index contributed by atoms with van der Waals surface area (Å²) >= 11 is 0. The number of aromatic nitrogens is 5. The summed E-state index contributed by atoms with van der Waals surface area (Å²) in [6, 6.07) is 9.19. The lowest BCUT2D eigenvalue weighted by atomic mass is 10.2. The van der Waals surface area contributed by atoms with Crippen molar-refractivity contribution in [1.29, 1.82) is 0 Å². The number of aromatic hydroxyl groups is 1. The highest BCUT2D eigenvalue weighted by Gasteiger charge is 2.21. The second kappa shape index (κ2) is 6.93. The van der Waals surface area contributed by atoms with Crippen LogP contribution in [0, 0.1) is 0 Å². The number of fused-ring (bicyclic) bond motifs is 1. The van der Waals surface area contributed by atoms with Gasteiger partial charge in [0, 0.05) is 38.1 Å². The van der Waals surface area contributed by atoms with Crippen LogP contribution in [0.5, 0.6) is 5.75 Å². The molecule has 1 aliphatic heterocycles. The molecule has 3 aromatic heterocycles. The highest BCUT2D eigenvalue weighted by Crippen LogP contribution is 2.26. The first-order chi connectivity index (χ1) is 14.2. The van der Waals surface area contributed by atoms with Crippen molar-refractivity contribution in [1.82, 2.24) is 24.5 Å². The molecule has 1 saturated heterocycles. The third-order valence-corrected chi connectivity index (χ3v) is 5.16. The second-order valence-corrected chi connectivity index (χ2v) is 6.92. The first kappa shape index (κ1) is 17.2. The van der Waals surface area contributed by atoms with Crippen molar-refractivity contribution in [2.75, 3.05) is 41.7 Å². The first-order valence-electron chi connectivity index (χ1n) is 9.38. The van der Waals surface area contributed by atoms with Gasteiger partial charge in [0.1, 0.15) is 17.9 Å². The molecular weight excluding hydrogens is 368 g/mol.